The highest BCUT2D eigenvalue weighted by Crippen LogP contribution is 2.26. The summed E-state index contributed by atoms with van der Waals surface area (Å²) in [4.78, 5) is 0. The maximum Gasteiger partial charge on any atom is 0.139 e. The quantitative estimate of drug-likeness (QED) is 0.830. The summed E-state index contributed by atoms with van der Waals surface area (Å²) < 4.78 is 19.0. The molecule has 2 nitrogen and oxygen atoms in total. The van der Waals surface area contributed by atoms with Gasteiger partial charge in [-0.1, -0.05) is 29.3 Å². The smallest absolute Gasteiger partial charge is 0.139 e. The van der Waals surface area contributed by atoms with Crippen molar-refractivity contribution in [3.8, 4) is 11.8 Å². The first-order chi connectivity index (χ1) is 9.11. The van der Waals surface area contributed by atoms with Crippen molar-refractivity contribution in [3.63, 3.8) is 0 Å². The molecular weight excluding hydrogens is 288 g/mol. The third-order valence-electron chi connectivity index (χ3n) is 2.50. The number of rotatable bonds is 3. The molecule has 19 heavy (non-hydrogen) atoms. The lowest BCUT2D eigenvalue weighted by atomic mass is 10.2. The summed E-state index contributed by atoms with van der Waals surface area (Å²) in [6.45, 7) is -0.0689. The van der Waals surface area contributed by atoms with Crippen LogP contribution >= 0.6 is 23.2 Å². The van der Waals surface area contributed by atoms with Crippen LogP contribution in [0.1, 0.15) is 11.1 Å². The van der Waals surface area contributed by atoms with Crippen molar-refractivity contribution in [2.75, 3.05) is 0 Å². The van der Waals surface area contributed by atoms with E-state index in [1.54, 1.807) is 18.2 Å². The van der Waals surface area contributed by atoms with Gasteiger partial charge in [0.1, 0.15) is 24.2 Å². The summed E-state index contributed by atoms with van der Waals surface area (Å²) >= 11 is 11.7. The molecule has 0 aliphatic carbocycles. The van der Waals surface area contributed by atoms with E-state index in [4.69, 9.17) is 33.2 Å². The second-order valence-corrected chi connectivity index (χ2v) is 4.58. The Bertz CT molecular complexity index is 632. The maximum absolute atomic E-state index is 13.6. The average Bonchev–Trinajstić information content (AvgIpc) is 2.38. The number of halogens is 3. The lowest BCUT2D eigenvalue weighted by molar-refractivity contribution is 0.299. The molecule has 2 aromatic carbocycles. The number of hydrogen-bond donors (Lipinski definition) is 0. The number of ether oxygens (including phenoxy) is 1. The zero-order valence-electron chi connectivity index (χ0n) is 9.66. The number of nitrogens with zero attached hydrogens (tertiary/aromatic N) is 1. The zero-order valence-corrected chi connectivity index (χ0v) is 11.2. The highest BCUT2D eigenvalue weighted by Gasteiger charge is 2.10. The highest BCUT2D eigenvalue weighted by molar-refractivity contribution is 6.31. The summed E-state index contributed by atoms with van der Waals surface area (Å²) in [7, 11) is 0. The molecule has 0 N–H and O–H groups in total. The van der Waals surface area contributed by atoms with E-state index in [0.717, 1.165) is 0 Å². The Kier molecular flexibility index (Phi) is 4.26. The Morgan fingerprint density at radius 1 is 1.21 bits per heavy atom. The van der Waals surface area contributed by atoms with Crippen molar-refractivity contribution in [2.45, 2.75) is 6.61 Å². The predicted octanol–water partition coefficient (Wildman–Crippen LogP) is 4.58. The van der Waals surface area contributed by atoms with Gasteiger partial charge in [-0.3, -0.25) is 0 Å². The van der Waals surface area contributed by atoms with Gasteiger partial charge in [-0.2, -0.15) is 5.26 Å². The Morgan fingerprint density at radius 2 is 2.00 bits per heavy atom. The second-order valence-electron chi connectivity index (χ2n) is 3.74. The van der Waals surface area contributed by atoms with Crippen LogP contribution in [-0.4, -0.2) is 0 Å². The topological polar surface area (TPSA) is 33.0 Å². The van der Waals surface area contributed by atoms with Crippen LogP contribution in [0.5, 0.6) is 5.75 Å². The molecule has 0 bridgehead atoms. The monoisotopic (exact) mass is 295 g/mol. The summed E-state index contributed by atoms with van der Waals surface area (Å²) in [5, 5.41) is 9.66. The van der Waals surface area contributed by atoms with Gasteiger partial charge in [0.25, 0.3) is 0 Å². The third kappa shape index (κ3) is 3.17. The van der Waals surface area contributed by atoms with Crippen molar-refractivity contribution in [3.05, 3.63) is 63.4 Å². The molecule has 0 saturated heterocycles. The summed E-state index contributed by atoms with van der Waals surface area (Å²) in [6, 6.07) is 11.0. The van der Waals surface area contributed by atoms with Crippen LogP contribution in [0.2, 0.25) is 10.0 Å². The number of benzene rings is 2. The van der Waals surface area contributed by atoms with E-state index in [1.165, 1.54) is 18.2 Å². The molecular formula is C14H8Cl2FNO. The normalized spacial score (nSPS) is 10.0. The van der Waals surface area contributed by atoms with E-state index in [1.807, 2.05) is 6.07 Å². The molecule has 0 unspecified atom stereocenters. The molecule has 0 heterocycles. The minimum atomic E-state index is -0.451. The third-order valence-corrected chi connectivity index (χ3v) is 3.09. The lowest BCUT2D eigenvalue weighted by Gasteiger charge is -2.10. The van der Waals surface area contributed by atoms with Gasteiger partial charge >= 0.3 is 0 Å². The molecule has 0 fully saturated rings. The average molecular weight is 296 g/mol. The molecule has 2 rings (SSSR count). The molecule has 0 amide bonds. The van der Waals surface area contributed by atoms with E-state index in [-0.39, 0.29) is 17.2 Å². The Labute approximate surface area is 119 Å². The van der Waals surface area contributed by atoms with Crippen LogP contribution in [0.25, 0.3) is 0 Å². The van der Waals surface area contributed by atoms with E-state index in [9.17, 15) is 4.39 Å². The van der Waals surface area contributed by atoms with E-state index in [2.05, 4.69) is 0 Å². The van der Waals surface area contributed by atoms with Gasteiger partial charge in [0, 0.05) is 16.7 Å². The van der Waals surface area contributed by atoms with Gasteiger partial charge in [-0.15, -0.1) is 0 Å². The van der Waals surface area contributed by atoms with Gasteiger partial charge in [-0.25, -0.2) is 4.39 Å². The van der Waals surface area contributed by atoms with Crippen LogP contribution < -0.4 is 4.74 Å². The fourth-order valence-electron chi connectivity index (χ4n) is 1.53. The minimum Gasteiger partial charge on any atom is -0.487 e. The highest BCUT2D eigenvalue weighted by atomic mass is 35.5. The fourth-order valence-corrected chi connectivity index (χ4v) is 1.91. The van der Waals surface area contributed by atoms with Crippen molar-refractivity contribution in [1.82, 2.24) is 0 Å². The van der Waals surface area contributed by atoms with Crippen molar-refractivity contribution < 1.29 is 9.13 Å². The molecule has 0 aliphatic rings. The number of hydrogen-bond acceptors (Lipinski definition) is 2. The van der Waals surface area contributed by atoms with Crippen LogP contribution in [-0.2, 0) is 6.61 Å². The molecule has 0 aromatic heterocycles. The molecule has 0 saturated carbocycles. The van der Waals surface area contributed by atoms with Gasteiger partial charge < -0.3 is 4.74 Å². The Hall–Kier alpha value is -1.76. The van der Waals surface area contributed by atoms with Crippen LogP contribution in [0.4, 0.5) is 4.39 Å². The number of nitriles is 1. The molecule has 0 radical (unpaired) electrons. The van der Waals surface area contributed by atoms with E-state index in [0.29, 0.717) is 16.3 Å². The second kappa shape index (κ2) is 5.92. The summed E-state index contributed by atoms with van der Waals surface area (Å²) in [5.41, 5.74) is 0.574. The molecule has 0 spiro atoms. The SMILES string of the molecule is N#Cc1ccc(Cl)cc1OCc1c(F)cccc1Cl. The summed E-state index contributed by atoms with van der Waals surface area (Å²) in [6.07, 6.45) is 0. The first-order valence-electron chi connectivity index (χ1n) is 5.37. The lowest BCUT2D eigenvalue weighted by Crippen LogP contribution is -2.00. The molecule has 0 aliphatic heterocycles. The van der Waals surface area contributed by atoms with E-state index >= 15 is 0 Å². The largest absolute Gasteiger partial charge is 0.487 e. The van der Waals surface area contributed by atoms with Crippen molar-refractivity contribution in [1.29, 1.82) is 5.26 Å². The first kappa shape index (κ1) is 13.7. The van der Waals surface area contributed by atoms with Gasteiger partial charge in [0.15, 0.2) is 0 Å². The van der Waals surface area contributed by atoms with E-state index < -0.39 is 5.82 Å². The minimum absolute atomic E-state index is 0.0689. The Balaban J connectivity index is 2.24. The Morgan fingerprint density at radius 3 is 2.68 bits per heavy atom. The summed E-state index contributed by atoms with van der Waals surface area (Å²) in [5.74, 6) is -0.151. The molecule has 96 valence electrons. The van der Waals surface area contributed by atoms with Crippen LogP contribution in [0.15, 0.2) is 36.4 Å². The molecule has 2 aromatic rings. The fraction of sp³-hybridized carbons (Fsp3) is 0.0714. The maximum atomic E-state index is 13.6. The van der Waals surface area contributed by atoms with Crippen molar-refractivity contribution in [2.24, 2.45) is 0 Å². The van der Waals surface area contributed by atoms with Gasteiger partial charge in [0.2, 0.25) is 0 Å². The van der Waals surface area contributed by atoms with Crippen molar-refractivity contribution >= 4 is 23.2 Å². The van der Waals surface area contributed by atoms with Crippen LogP contribution in [0.3, 0.4) is 0 Å². The van der Waals surface area contributed by atoms with Gasteiger partial charge in [0.05, 0.1) is 10.6 Å². The standard InChI is InChI=1S/C14H8Cl2FNO/c15-10-5-4-9(7-18)14(6-10)19-8-11-12(16)2-1-3-13(11)17/h1-6H,8H2. The van der Waals surface area contributed by atoms with Gasteiger partial charge in [-0.05, 0) is 24.3 Å². The molecule has 0 atom stereocenters. The first-order valence-corrected chi connectivity index (χ1v) is 6.12. The molecule has 5 heteroatoms. The predicted molar refractivity (Wildman–Crippen MR) is 71.9 cm³/mol. The van der Waals surface area contributed by atoms with Crippen LogP contribution in [0, 0.1) is 17.1 Å². The zero-order chi connectivity index (χ0) is 13.8.